The molecule has 0 spiro atoms. The van der Waals surface area contributed by atoms with Crippen molar-refractivity contribution in [2.24, 2.45) is 0 Å². The first kappa shape index (κ1) is 13.2. The van der Waals surface area contributed by atoms with Gasteiger partial charge in [-0.15, -0.1) is 0 Å². The van der Waals surface area contributed by atoms with E-state index in [1.807, 2.05) is 26.0 Å². The minimum Gasteiger partial charge on any atom is -0.508 e. The van der Waals surface area contributed by atoms with E-state index < -0.39 is 9.28 Å². The van der Waals surface area contributed by atoms with Gasteiger partial charge >= 0.3 is 9.28 Å². The number of phenols is 1. The summed E-state index contributed by atoms with van der Waals surface area (Å²) in [5, 5.41) is 9.16. The molecule has 0 bridgehead atoms. The topological polar surface area (TPSA) is 38.7 Å². The maximum atomic E-state index is 9.16. The number of rotatable bonds is 7. The molecule has 0 amide bonds. The second-order valence-electron chi connectivity index (χ2n) is 3.55. The van der Waals surface area contributed by atoms with Crippen LogP contribution in [0.15, 0.2) is 24.3 Å². The number of hydrogen-bond acceptors (Lipinski definition) is 3. The van der Waals surface area contributed by atoms with E-state index in [9.17, 15) is 0 Å². The molecule has 0 aliphatic carbocycles. The molecule has 0 radical (unpaired) electrons. The van der Waals surface area contributed by atoms with E-state index in [0.29, 0.717) is 5.75 Å². The van der Waals surface area contributed by atoms with Crippen LogP contribution in [-0.4, -0.2) is 27.6 Å². The predicted octanol–water partition coefficient (Wildman–Crippen LogP) is 2.23. The predicted molar refractivity (Wildman–Crippen MR) is 67.0 cm³/mol. The van der Waals surface area contributed by atoms with Crippen molar-refractivity contribution < 1.29 is 14.0 Å². The molecular formula is C12H20O3Si. The summed E-state index contributed by atoms with van der Waals surface area (Å²) >= 11 is 0. The molecule has 0 atom stereocenters. The summed E-state index contributed by atoms with van der Waals surface area (Å²) in [5.74, 6) is 0.312. The van der Waals surface area contributed by atoms with Crippen LogP contribution in [0.1, 0.15) is 19.4 Å². The van der Waals surface area contributed by atoms with E-state index in [4.69, 9.17) is 14.0 Å². The lowest BCUT2D eigenvalue weighted by Gasteiger charge is -2.14. The maximum Gasteiger partial charge on any atom is 0.321 e. The molecule has 0 heterocycles. The molecule has 1 rings (SSSR count). The largest absolute Gasteiger partial charge is 0.508 e. The quantitative estimate of drug-likeness (QED) is 0.743. The van der Waals surface area contributed by atoms with Gasteiger partial charge in [0, 0.05) is 13.2 Å². The third kappa shape index (κ3) is 4.79. The first-order valence-electron chi connectivity index (χ1n) is 5.77. The van der Waals surface area contributed by atoms with Gasteiger partial charge in [-0.3, -0.25) is 0 Å². The van der Waals surface area contributed by atoms with Crippen molar-refractivity contribution in [2.75, 3.05) is 13.2 Å². The second kappa shape index (κ2) is 7.43. The van der Waals surface area contributed by atoms with Crippen molar-refractivity contribution in [1.29, 1.82) is 0 Å². The Balaban J connectivity index is 2.38. The Kier molecular flexibility index (Phi) is 6.14. The Morgan fingerprint density at radius 1 is 1.06 bits per heavy atom. The fourth-order valence-corrected chi connectivity index (χ4v) is 3.28. The molecule has 0 aliphatic rings. The minimum absolute atomic E-state index is 0.312. The van der Waals surface area contributed by atoms with Gasteiger partial charge in [0.05, 0.1) is 0 Å². The molecule has 0 aromatic heterocycles. The first-order valence-corrected chi connectivity index (χ1v) is 7.53. The molecule has 0 unspecified atom stereocenters. The van der Waals surface area contributed by atoms with E-state index in [0.717, 1.165) is 25.7 Å². The lowest BCUT2D eigenvalue weighted by atomic mass is 10.2. The van der Waals surface area contributed by atoms with Crippen LogP contribution in [0.25, 0.3) is 0 Å². The lowest BCUT2D eigenvalue weighted by molar-refractivity contribution is 0.213. The summed E-state index contributed by atoms with van der Waals surface area (Å²) in [6, 6.07) is 8.30. The number of aromatic hydroxyl groups is 1. The number of hydrogen-bond donors (Lipinski definition) is 1. The molecule has 0 aliphatic heterocycles. The van der Waals surface area contributed by atoms with Crippen LogP contribution >= 0.6 is 0 Å². The van der Waals surface area contributed by atoms with Crippen molar-refractivity contribution in [3.8, 4) is 5.75 Å². The first-order chi connectivity index (χ1) is 7.76. The zero-order valence-electron chi connectivity index (χ0n) is 9.98. The van der Waals surface area contributed by atoms with Gasteiger partial charge in [-0.25, -0.2) is 0 Å². The highest BCUT2D eigenvalue weighted by molar-refractivity contribution is 6.44. The van der Waals surface area contributed by atoms with Gasteiger partial charge in [0.15, 0.2) is 0 Å². The molecule has 90 valence electrons. The van der Waals surface area contributed by atoms with Gasteiger partial charge in [-0.05, 0) is 44.0 Å². The highest BCUT2D eigenvalue weighted by atomic mass is 28.3. The van der Waals surface area contributed by atoms with Crippen LogP contribution in [0, 0.1) is 0 Å². The highest BCUT2D eigenvalue weighted by Crippen LogP contribution is 2.12. The van der Waals surface area contributed by atoms with Gasteiger partial charge < -0.3 is 14.0 Å². The van der Waals surface area contributed by atoms with E-state index in [2.05, 4.69) is 0 Å². The molecular weight excluding hydrogens is 220 g/mol. The van der Waals surface area contributed by atoms with Gasteiger partial charge in [0.1, 0.15) is 5.75 Å². The monoisotopic (exact) mass is 240 g/mol. The van der Waals surface area contributed by atoms with Crippen LogP contribution < -0.4 is 0 Å². The maximum absolute atomic E-state index is 9.16. The molecule has 1 aromatic carbocycles. The van der Waals surface area contributed by atoms with Gasteiger partial charge in [-0.1, -0.05) is 12.1 Å². The Bertz CT molecular complexity index is 281. The van der Waals surface area contributed by atoms with Crippen molar-refractivity contribution in [3.05, 3.63) is 29.8 Å². The smallest absolute Gasteiger partial charge is 0.321 e. The SMILES string of the molecule is CCO[SiH](CCc1ccc(O)cc1)OCC. The second-order valence-corrected chi connectivity index (χ2v) is 5.65. The third-order valence-electron chi connectivity index (χ3n) is 2.31. The zero-order chi connectivity index (χ0) is 11.8. The summed E-state index contributed by atoms with van der Waals surface area (Å²) in [7, 11) is -1.48. The van der Waals surface area contributed by atoms with Crippen molar-refractivity contribution in [1.82, 2.24) is 0 Å². The van der Waals surface area contributed by atoms with Crippen molar-refractivity contribution in [2.45, 2.75) is 26.3 Å². The summed E-state index contributed by atoms with van der Waals surface area (Å²) in [5.41, 5.74) is 1.22. The van der Waals surface area contributed by atoms with Crippen molar-refractivity contribution >= 4 is 9.28 Å². The molecule has 1 N–H and O–H groups in total. The standard InChI is InChI=1S/C12H20O3Si/c1-3-14-16(15-4-2)10-9-11-5-7-12(13)8-6-11/h5-8,13,16H,3-4,9-10H2,1-2H3. The van der Waals surface area contributed by atoms with E-state index in [1.165, 1.54) is 5.56 Å². The lowest BCUT2D eigenvalue weighted by Crippen LogP contribution is -2.23. The Labute approximate surface area is 98.9 Å². The number of phenolic OH excluding ortho intramolecular Hbond substituents is 1. The van der Waals surface area contributed by atoms with Gasteiger partial charge in [0.2, 0.25) is 0 Å². The Hall–Kier alpha value is -0.843. The molecule has 4 heteroatoms. The van der Waals surface area contributed by atoms with E-state index in [1.54, 1.807) is 12.1 Å². The molecule has 1 aromatic rings. The average Bonchev–Trinajstić information content (AvgIpc) is 2.29. The fraction of sp³-hybridized carbons (Fsp3) is 0.500. The van der Waals surface area contributed by atoms with Crippen molar-refractivity contribution in [3.63, 3.8) is 0 Å². The number of aryl methyl sites for hydroxylation is 1. The Morgan fingerprint density at radius 3 is 2.12 bits per heavy atom. The summed E-state index contributed by atoms with van der Waals surface area (Å²) in [6.45, 7) is 5.46. The van der Waals surface area contributed by atoms with Gasteiger partial charge in [0.25, 0.3) is 0 Å². The summed E-state index contributed by atoms with van der Waals surface area (Å²) < 4.78 is 11.2. The van der Waals surface area contributed by atoms with E-state index >= 15 is 0 Å². The summed E-state index contributed by atoms with van der Waals surface area (Å²) in [4.78, 5) is 0. The summed E-state index contributed by atoms with van der Waals surface area (Å²) in [6.07, 6.45) is 0.956. The normalized spacial score (nSPS) is 10.9. The highest BCUT2D eigenvalue weighted by Gasteiger charge is 2.11. The Morgan fingerprint density at radius 2 is 1.62 bits per heavy atom. The van der Waals surface area contributed by atoms with Gasteiger partial charge in [-0.2, -0.15) is 0 Å². The molecule has 0 fully saturated rings. The van der Waals surface area contributed by atoms with Crippen LogP contribution in [0.2, 0.25) is 6.04 Å². The minimum atomic E-state index is -1.48. The molecule has 0 saturated carbocycles. The average molecular weight is 240 g/mol. The van der Waals surface area contributed by atoms with Crippen LogP contribution in [-0.2, 0) is 15.3 Å². The molecule has 0 saturated heterocycles. The van der Waals surface area contributed by atoms with Crippen LogP contribution in [0.4, 0.5) is 0 Å². The fourth-order valence-electron chi connectivity index (χ4n) is 1.53. The zero-order valence-corrected chi connectivity index (χ0v) is 11.1. The van der Waals surface area contributed by atoms with Crippen LogP contribution in [0.5, 0.6) is 5.75 Å². The van der Waals surface area contributed by atoms with E-state index in [-0.39, 0.29) is 0 Å². The molecule has 16 heavy (non-hydrogen) atoms. The number of benzene rings is 1. The third-order valence-corrected chi connectivity index (χ3v) is 4.48. The molecule has 3 nitrogen and oxygen atoms in total. The van der Waals surface area contributed by atoms with Crippen LogP contribution in [0.3, 0.4) is 0 Å².